The van der Waals surface area contributed by atoms with Crippen molar-refractivity contribution in [2.75, 3.05) is 6.26 Å². The molecule has 3 nitrogen and oxygen atoms in total. The molecule has 0 amide bonds. The van der Waals surface area contributed by atoms with Crippen LogP contribution in [0.15, 0.2) is 41.3 Å². The van der Waals surface area contributed by atoms with Gasteiger partial charge in [-0.2, -0.15) is 13.2 Å². The van der Waals surface area contributed by atoms with Crippen LogP contribution in [0.25, 0.3) is 22.2 Å². The molecule has 0 fully saturated rings. The lowest BCUT2D eigenvalue weighted by atomic mass is 9.95. The summed E-state index contributed by atoms with van der Waals surface area (Å²) in [5.74, 6) is -1.13. The maximum atomic E-state index is 13.1. The zero-order chi connectivity index (χ0) is 19.9. The van der Waals surface area contributed by atoms with Crippen LogP contribution in [-0.2, 0) is 6.18 Å². The Labute approximate surface area is 158 Å². The maximum absolute atomic E-state index is 13.1. The topological polar surface area (TPSA) is 50.2 Å². The number of aromatic nitrogens is 1. The van der Waals surface area contributed by atoms with Gasteiger partial charge in [0, 0.05) is 15.8 Å². The van der Waals surface area contributed by atoms with Gasteiger partial charge in [0.05, 0.1) is 22.3 Å². The lowest BCUT2D eigenvalue weighted by Crippen LogP contribution is -2.07. The molecule has 7 heteroatoms. The molecular formula is C20H16F3NO2S. The molecule has 3 aromatic rings. The summed E-state index contributed by atoms with van der Waals surface area (Å²) in [4.78, 5) is 17.4. The highest BCUT2D eigenvalue weighted by Gasteiger charge is 2.31. The molecule has 0 saturated carbocycles. The van der Waals surface area contributed by atoms with E-state index in [4.69, 9.17) is 0 Å². The highest BCUT2D eigenvalue weighted by molar-refractivity contribution is 7.98. The molecule has 1 heterocycles. The zero-order valence-electron chi connectivity index (χ0n) is 14.8. The summed E-state index contributed by atoms with van der Waals surface area (Å²) in [6.07, 6.45) is -2.60. The third-order valence-electron chi connectivity index (χ3n) is 4.41. The average molecular weight is 391 g/mol. The first-order valence-electron chi connectivity index (χ1n) is 8.03. The monoisotopic (exact) mass is 391 g/mol. The van der Waals surface area contributed by atoms with Gasteiger partial charge in [0.15, 0.2) is 0 Å². The number of hydrogen-bond donors (Lipinski definition) is 1. The second-order valence-electron chi connectivity index (χ2n) is 6.18. The van der Waals surface area contributed by atoms with Crippen LogP contribution in [0.5, 0.6) is 0 Å². The summed E-state index contributed by atoms with van der Waals surface area (Å²) in [5, 5.41) is 10.3. The van der Waals surface area contributed by atoms with Gasteiger partial charge in [-0.15, -0.1) is 11.8 Å². The van der Waals surface area contributed by atoms with Crippen LogP contribution >= 0.6 is 11.8 Å². The quantitative estimate of drug-likeness (QED) is 0.560. The first kappa shape index (κ1) is 19.2. The molecule has 3 rings (SSSR count). The smallest absolute Gasteiger partial charge is 0.416 e. The van der Waals surface area contributed by atoms with E-state index in [1.807, 2.05) is 12.3 Å². The number of alkyl halides is 3. The van der Waals surface area contributed by atoms with E-state index >= 15 is 0 Å². The summed E-state index contributed by atoms with van der Waals surface area (Å²) < 4.78 is 39.2. The van der Waals surface area contributed by atoms with Gasteiger partial charge < -0.3 is 5.11 Å². The van der Waals surface area contributed by atoms with E-state index in [-0.39, 0.29) is 16.8 Å². The molecule has 1 N–H and O–H groups in total. The molecule has 0 spiro atoms. The molecule has 0 atom stereocenters. The van der Waals surface area contributed by atoms with Gasteiger partial charge in [-0.25, -0.2) is 9.78 Å². The van der Waals surface area contributed by atoms with E-state index in [2.05, 4.69) is 4.98 Å². The fourth-order valence-electron chi connectivity index (χ4n) is 3.17. The number of aromatic carboxylic acids is 1. The molecule has 0 bridgehead atoms. The maximum Gasteiger partial charge on any atom is 0.416 e. The summed E-state index contributed by atoms with van der Waals surface area (Å²) in [6, 6.07) is 8.42. The molecule has 2 aromatic carbocycles. The van der Waals surface area contributed by atoms with Crippen molar-refractivity contribution in [3.63, 3.8) is 0 Å². The van der Waals surface area contributed by atoms with Gasteiger partial charge in [-0.05, 0) is 55.5 Å². The third kappa shape index (κ3) is 3.51. The highest BCUT2D eigenvalue weighted by Crippen LogP contribution is 2.36. The van der Waals surface area contributed by atoms with Crippen molar-refractivity contribution in [3.05, 3.63) is 58.7 Å². The molecule has 0 radical (unpaired) electrons. The minimum atomic E-state index is -4.49. The van der Waals surface area contributed by atoms with Gasteiger partial charge in [-0.3, -0.25) is 0 Å². The Morgan fingerprint density at radius 2 is 1.85 bits per heavy atom. The van der Waals surface area contributed by atoms with Crippen molar-refractivity contribution < 1.29 is 23.1 Å². The van der Waals surface area contributed by atoms with Gasteiger partial charge in [0.1, 0.15) is 0 Å². The Hall–Kier alpha value is -2.54. The number of hydrogen-bond acceptors (Lipinski definition) is 3. The van der Waals surface area contributed by atoms with Crippen LogP contribution in [0, 0.1) is 13.8 Å². The molecule has 0 aliphatic carbocycles. The molecule has 0 saturated heterocycles. The predicted octanol–water partition coefficient (Wildman–Crippen LogP) is 5.96. The number of halogens is 3. The Kier molecular flexibility index (Phi) is 4.90. The number of pyridine rings is 1. The van der Waals surface area contributed by atoms with Crippen LogP contribution in [0.1, 0.15) is 27.0 Å². The minimum absolute atomic E-state index is 0.0672. The van der Waals surface area contributed by atoms with E-state index < -0.39 is 17.7 Å². The highest BCUT2D eigenvalue weighted by atomic mass is 32.2. The SMILES string of the molecule is CSc1cc(C)c2c(C(=O)O)c(C)c(-c3cccc(C(F)(F)F)c3)nc2c1. The molecule has 0 aliphatic rings. The average Bonchev–Trinajstić information content (AvgIpc) is 2.60. The summed E-state index contributed by atoms with van der Waals surface area (Å²) in [6.45, 7) is 3.38. The van der Waals surface area contributed by atoms with Crippen molar-refractivity contribution in [2.24, 2.45) is 0 Å². The number of carboxylic acids is 1. The van der Waals surface area contributed by atoms with E-state index in [1.54, 1.807) is 19.9 Å². The summed E-state index contributed by atoms with van der Waals surface area (Å²) >= 11 is 1.49. The second kappa shape index (κ2) is 6.88. The third-order valence-corrected chi connectivity index (χ3v) is 5.12. The Morgan fingerprint density at radius 1 is 1.15 bits per heavy atom. The largest absolute Gasteiger partial charge is 0.478 e. The van der Waals surface area contributed by atoms with Crippen LogP contribution in [-0.4, -0.2) is 22.3 Å². The number of carbonyl (C=O) groups is 1. The van der Waals surface area contributed by atoms with Crippen LogP contribution in [0.2, 0.25) is 0 Å². The number of benzene rings is 2. The van der Waals surface area contributed by atoms with E-state index in [0.717, 1.165) is 22.6 Å². The Bertz CT molecular complexity index is 1060. The fraction of sp³-hybridized carbons (Fsp3) is 0.200. The van der Waals surface area contributed by atoms with E-state index in [9.17, 15) is 23.1 Å². The van der Waals surface area contributed by atoms with Crippen molar-refractivity contribution >= 4 is 28.6 Å². The molecular weight excluding hydrogens is 375 g/mol. The zero-order valence-corrected chi connectivity index (χ0v) is 15.6. The normalized spacial score (nSPS) is 11.8. The second-order valence-corrected chi connectivity index (χ2v) is 7.06. The number of fused-ring (bicyclic) bond motifs is 1. The molecule has 27 heavy (non-hydrogen) atoms. The first-order chi connectivity index (χ1) is 12.6. The van der Waals surface area contributed by atoms with Crippen molar-refractivity contribution in [1.29, 1.82) is 0 Å². The standard InChI is InChI=1S/C20H16F3NO2S/c1-10-7-14(27-3)9-15-16(10)17(19(25)26)11(2)18(24-15)12-5-4-6-13(8-12)20(21,22)23/h4-9H,1-3H3,(H,25,26). The molecule has 1 aromatic heterocycles. The van der Waals surface area contributed by atoms with Gasteiger partial charge in [0.2, 0.25) is 0 Å². The lowest BCUT2D eigenvalue weighted by Gasteiger charge is -2.15. The van der Waals surface area contributed by atoms with Gasteiger partial charge in [-0.1, -0.05) is 12.1 Å². The Morgan fingerprint density at radius 3 is 2.44 bits per heavy atom. The summed E-state index contributed by atoms with van der Waals surface area (Å²) in [5.41, 5.74) is 1.30. The number of aryl methyl sites for hydroxylation is 1. The first-order valence-corrected chi connectivity index (χ1v) is 9.26. The predicted molar refractivity (Wildman–Crippen MR) is 100 cm³/mol. The van der Waals surface area contributed by atoms with Crippen LogP contribution in [0.3, 0.4) is 0 Å². The molecule has 0 unspecified atom stereocenters. The van der Waals surface area contributed by atoms with E-state index in [0.29, 0.717) is 16.5 Å². The summed E-state index contributed by atoms with van der Waals surface area (Å²) in [7, 11) is 0. The Balaban J connectivity index is 2.38. The molecule has 140 valence electrons. The van der Waals surface area contributed by atoms with Crippen molar-refractivity contribution in [3.8, 4) is 11.3 Å². The number of carboxylic acid groups (broad SMARTS) is 1. The van der Waals surface area contributed by atoms with E-state index in [1.165, 1.54) is 23.9 Å². The fourth-order valence-corrected chi connectivity index (χ4v) is 3.69. The van der Waals surface area contributed by atoms with Crippen molar-refractivity contribution in [2.45, 2.75) is 24.9 Å². The number of nitrogens with zero attached hydrogens (tertiary/aromatic N) is 1. The van der Waals surface area contributed by atoms with Crippen LogP contribution in [0.4, 0.5) is 13.2 Å². The minimum Gasteiger partial charge on any atom is -0.478 e. The molecule has 0 aliphatic heterocycles. The van der Waals surface area contributed by atoms with Gasteiger partial charge in [0.25, 0.3) is 0 Å². The lowest BCUT2D eigenvalue weighted by molar-refractivity contribution is -0.137. The number of rotatable bonds is 3. The number of thioether (sulfide) groups is 1. The van der Waals surface area contributed by atoms with Crippen LogP contribution < -0.4 is 0 Å². The van der Waals surface area contributed by atoms with Crippen molar-refractivity contribution in [1.82, 2.24) is 4.98 Å². The van der Waals surface area contributed by atoms with Gasteiger partial charge >= 0.3 is 12.1 Å².